The highest BCUT2D eigenvalue weighted by molar-refractivity contribution is 4.87. The Labute approximate surface area is 107 Å². The van der Waals surface area contributed by atoms with E-state index in [1.807, 2.05) is 0 Å². The minimum absolute atomic E-state index is 0.822. The molecule has 0 aromatic rings. The van der Waals surface area contributed by atoms with Crippen molar-refractivity contribution >= 4 is 0 Å². The van der Waals surface area contributed by atoms with Gasteiger partial charge in [0.05, 0.1) is 0 Å². The summed E-state index contributed by atoms with van der Waals surface area (Å²) in [6, 6.07) is 1.77. The molecule has 17 heavy (non-hydrogen) atoms. The molecule has 2 aliphatic carbocycles. The largest absolute Gasteiger partial charge is 0.314 e. The zero-order valence-corrected chi connectivity index (χ0v) is 11.8. The van der Waals surface area contributed by atoms with Crippen molar-refractivity contribution in [2.45, 2.75) is 70.9 Å². The van der Waals surface area contributed by atoms with E-state index in [4.69, 9.17) is 0 Å². The molecule has 100 valence electrons. The van der Waals surface area contributed by atoms with Gasteiger partial charge in [0.1, 0.15) is 0 Å². The molecule has 0 saturated heterocycles. The van der Waals surface area contributed by atoms with Crippen LogP contribution < -0.4 is 5.32 Å². The van der Waals surface area contributed by atoms with Crippen LogP contribution in [-0.2, 0) is 0 Å². The van der Waals surface area contributed by atoms with E-state index < -0.39 is 0 Å². The summed E-state index contributed by atoms with van der Waals surface area (Å²) < 4.78 is 0. The van der Waals surface area contributed by atoms with Gasteiger partial charge in [0, 0.05) is 12.1 Å². The second-order valence-electron chi connectivity index (χ2n) is 5.91. The Morgan fingerprint density at radius 1 is 1.06 bits per heavy atom. The number of rotatable bonds is 8. The first-order valence-corrected chi connectivity index (χ1v) is 7.82. The van der Waals surface area contributed by atoms with E-state index in [0.29, 0.717) is 0 Å². The Bertz CT molecular complexity index is 213. The minimum Gasteiger partial charge on any atom is -0.314 e. The van der Waals surface area contributed by atoms with Gasteiger partial charge >= 0.3 is 0 Å². The molecular formula is C15H30N2. The van der Waals surface area contributed by atoms with Crippen LogP contribution in [0, 0.1) is 5.92 Å². The van der Waals surface area contributed by atoms with Crippen LogP contribution in [0.1, 0.15) is 58.8 Å². The number of nitrogens with one attached hydrogen (secondary N) is 1. The number of hydrogen-bond acceptors (Lipinski definition) is 2. The average Bonchev–Trinajstić information content (AvgIpc) is 3.07. The van der Waals surface area contributed by atoms with Crippen LogP contribution in [0.15, 0.2) is 0 Å². The van der Waals surface area contributed by atoms with Gasteiger partial charge in [-0.2, -0.15) is 0 Å². The second kappa shape index (κ2) is 6.75. The van der Waals surface area contributed by atoms with Gasteiger partial charge in [0.15, 0.2) is 0 Å². The maximum atomic E-state index is 3.68. The monoisotopic (exact) mass is 238 g/mol. The molecule has 2 nitrogen and oxygen atoms in total. The highest BCUT2D eigenvalue weighted by Crippen LogP contribution is 2.31. The standard InChI is InChI=1S/C15H30N2/c1-3-11-17(14-8-9-14)12-10-13-6-5-7-15(13)16-4-2/h13-16H,3-12H2,1-2H3. The summed E-state index contributed by atoms with van der Waals surface area (Å²) in [7, 11) is 0. The van der Waals surface area contributed by atoms with E-state index in [9.17, 15) is 0 Å². The topological polar surface area (TPSA) is 15.3 Å². The molecule has 2 atom stereocenters. The van der Waals surface area contributed by atoms with Crippen molar-refractivity contribution in [1.82, 2.24) is 10.2 Å². The van der Waals surface area contributed by atoms with Crippen LogP contribution in [0.3, 0.4) is 0 Å². The molecule has 2 heteroatoms. The third-order valence-corrected chi connectivity index (χ3v) is 4.49. The van der Waals surface area contributed by atoms with Crippen LogP contribution in [0.4, 0.5) is 0 Å². The summed E-state index contributed by atoms with van der Waals surface area (Å²) in [5.41, 5.74) is 0. The van der Waals surface area contributed by atoms with Crippen LogP contribution in [0.5, 0.6) is 0 Å². The summed E-state index contributed by atoms with van der Waals surface area (Å²) in [6.45, 7) is 8.37. The van der Waals surface area contributed by atoms with Crippen LogP contribution in [0.25, 0.3) is 0 Å². The van der Waals surface area contributed by atoms with Gasteiger partial charge < -0.3 is 10.2 Å². The molecule has 0 radical (unpaired) electrons. The molecule has 2 rings (SSSR count). The summed E-state index contributed by atoms with van der Waals surface area (Å²) in [4.78, 5) is 2.75. The Morgan fingerprint density at radius 3 is 2.53 bits per heavy atom. The molecule has 0 heterocycles. The van der Waals surface area contributed by atoms with E-state index >= 15 is 0 Å². The van der Waals surface area contributed by atoms with Crippen LogP contribution in [-0.4, -0.2) is 36.6 Å². The molecule has 0 amide bonds. The first-order chi connectivity index (χ1) is 8.35. The molecule has 0 aromatic heterocycles. The van der Waals surface area contributed by atoms with Gasteiger partial charge in [-0.05, 0) is 64.1 Å². The molecule has 1 N–H and O–H groups in total. The fourth-order valence-corrected chi connectivity index (χ4v) is 3.45. The van der Waals surface area contributed by atoms with E-state index in [-0.39, 0.29) is 0 Å². The van der Waals surface area contributed by atoms with E-state index in [2.05, 4.69) is 24.1 Å². The SMILES string of the molecule is CCCN(CCC1CCCC1NCC)C1CC1. The second-order valence-corrected chi connectivity index (χ2v) is 5.91. The maximum Gasteiger partial charge on any atom is 0.00964 e. The molecular weight excluding hydrogens is 208 g/mol. The first kappa shape index (κ1) is 13.4. The summed E-state index contributed by atoms with van der Waals surface area (Å²) in [5, 5.41) is 3.68. The van der Waals surface area contributed by atoms with E-state index in [1.165, 1.54) is 58.0 Å². The van der Waals surface area contributed by atoms with Crippen molar-refractivity contribution in [2.24, 2.45) is 5.92 Å². The molecule has 0 spiro atoms. The lowest BCUT2D eigenvalue weighted by atomic mass is 9.99. The van der Waals surface area contributed by atoms with Gasteiger partial charge in [0.25, 0.3) is 0 Å². The number of nitrogens with zero attached hydrogens (tertiary/aromatic N) is 1. The van der Waals surface area contributed by atoms with Crippen molar-refractivity contribution in [3.8, 4) is 0 Å². The fourth-order valence-electron chi connectivity index (χ4n) is 3.45. The maximum absolute atomic E-state index is 3.68. The molecule has 0 bridgehead atoms. The summed E-state index contributed by atoms with van der Waals surface area (Å²) >= 11 is 0. The molecule has 2 fully saturated rings. The summed E-state index contributed by atoms with van der Waals surface area (Å²) in [6.07, 6.45) is 9.98. The normalized spacial score (nSPS) is 29.1. The van der Waals surface area contributed by atoms with Gasteiger partial charge in [0.2, 0.25) is 0 Å². The Balaban J connectivity index is 1.71. The van der Waals surface area contributed by atoms with Crippen molar-refractivity contribution < 1.29 is 0 Å². The molecule has 2 unspecified atom stereocenters. The van der Waals surface area contributed by atoms with Crippen molar-refractivity contribution in [3.05, 3.63) is 0 Å². The molecule has 0 aromatic carbocycles. The lowest BCUT2D eigenvalue weighted by Gasteiger charge is -2.26. The molecule has 0 aliphatic heterocycles. The Morgan fingerprint density at radius 2 is 1.88 bits per heavy atom. The third kappa shape index (κ3) is 3.96. The molecule has 2 aliphatic rings. The third-order valence-electron chi connectivity index (χ3n) is 4.49. The van der Waals surface area contributed by atoms with Gasteiger partial charge in [-0.15, -0.1) is 0 Å². The molecule has 2 saturated carbocycles. The quantitative estimate of drug-likeness (QED) is 0.699. The first-order valence-electron chi connectivity index (χ1n) is 7.82. The van der Waals surface area contributed by atoms with Gasteiger partial charge in [-0.3, -0.25) is 0 Å². The Hall–Kier alpha value is -0.0800. The van der Waals surface area contributed by atoms with Crippen molar-refractivity contribution in [3.63, 3.8) is 0 Å². The summed E-state index contributed by atoms with van der Waals surface area (Å²) in [5.74, 6) is 0.952. The van der Waals surface area contributed by atoms with Gasteiger partial charge in [-0.25, -0.2) is 0 Å². The van der Waals surface area contributed by atoms with Crippen molar-refractivity contribution in [2.75, 3.05) is 19.6 Å². The highest BCUT2D eigenvalue weighted by atomic mass is 15.2. The highest BCUT2D eigenvalue weighted by Gasteiger charge is 2.31. The van der Waals surface area contributed by atoms with Crippen molar-refractivity contribution in [1.29, 1.82) is 0 Å². The average molecular weight is 238 g/mol. The van der Waals surface area contributed by atoms with Gasteiger partial charge in [-0.1, -0.05) is 20.3 Å². The van der Waals surface area contributed by atoms with E-state index in [1.54, 1.807) is 0 Å². The van der Waals surface area contributed by atoms with Crippen LogP contribution in [0.2, 0.25) is 0 Å². The predicted octanol–water partition coefficient (Wildman–Crippen LogP) is 3.03. The Kier molecular flexibility index (Phi) is 5.30. The predicted molar refractivity (Wildman–Crippen MR) is 74.3 cm³/mol. The number of hydrogen-bond donors (Lipinski definition) is 1. The zero-order chi connectivity index (χ0) is 12.1. The lowest BCUT2D eigenvalue weighted by Crippen LogP contribution is -2.35. The minimum atomic E-state index is 0.822. The fraction of sp³-hybridized carbons (Fsp3) is 1.00. The lowest BCUT2D eigenvalue weighted by molar-refractivity contribution is 0.232. The smallest absolute Gasteiger partial charge is 0.00964 e. The zero-order valence-electron chi connectivity index (χ0n) is 11.8. The van der Waals surface area contributed by atoms with E-state index in [0.717, 1.165) is 24.5 Å². The van der Waals surface area contributed by atoms with Crippen LogP contribution >= 0.6 is 0 Å².